The monoisotopic (exact) mass is 324 g/mol. The highest BCUT2D eigenvalue weighted by atomic mass is 16.3. The minimum absolute atomic E-state index is 0.0808. The SMILES string of the molecule is O=C(CN1CC[C@H](O)C1)Nc1ccc(N=Nc2ccccc2)cc1. The summed E-state index contributed by atoms with van der Waals surface area (Å²) in [4.78, 5) is 13.9. The second-order valence-corrected chi connectivity index (χ2v) is 5.81. The van der Waals surface area contributed by atoms with Crippen LogP contribution in [0.3, 0.4) is 0 Å². The van der Waals surface area contributed by atoms with E-state index in [0.717, 1.165) is 30.0 Å². The smallest absolute Gasteiger partial charge is 0.238 e. The lowest BCUT2D eigenvalue weighted by Crippen LogP contribution is -2.32. The van der Waals surface area contributed by atoms with Crippen molar-refractivity contribution in [1.82, 2.24) is 4.90 Å². The van der Waals surface area contributed by atoms with Crippen LogP contribution in [0.5, 0.6) is 0 Å². The molecule has 1 heterocycles. The van der Waals surface area contributed by atoms with E-state index >= 15 is 0 Å². The molecule has 2 N–H and O–H groups in total. The molecular formula is C18H20N4O2. The Kier molecular flexibility index (Phi) is 5.30. The summed E-state index contributed by atoms with van der Waals surface area (Å²) >= 11 is 0. The highest BCUT2D eigenvalue weighted by Gasteiger charge is 2.21. The van der Waals surface area contributed by atoms with Gasteiger partial charge in [0.2, 0.25) is 5.91 Å². The number of hydrogen-bond acceptors (Lipinski definition) is 5. The van der Waals surface area contributed by atoms with Gasteiger partial charge in [0, 0.05) is 18.8 Å². The maximum atomic E-state index is 12.0. The van der Waals surface area contributed by atoms with Crippen LogP contribution in [-0.2, 0) is 4.79 Å². The van der Waals surface area contributed by atoms with Gasteiger partial charge in [-0.15, -0.1) is 0 Å². The standard InChI is InChI=1S/C18H20N4O2/c23-17-10-11-22(12-17)13-18(24)19-14-6-8-16(9-7-14)21-20-15-4-2-1-3-5-15/h1-9,17,23H,10-13H2,(H,19,24)/t17-/m0/s1. The molecule has 1 aliphatic heterocycles. The number of aliphatic hydroxyl groups is 1. The lowest BCUT2D eigenvalue weighted by atomic mass is 10.3. The number of carbonyl (C=O) groups excluding carboxylic acids is 1. The van der Waals surface area contributed by atoms with Gasteiger partial charge in [0.05, 0.1) is 24.0 Å². The Bertz CT molecular complexity index is 701. The van der Waals surface area contributed by atoms with Gasteiger partial charge in [0.1, 0.15) is 0 Å². The summed E-state index contributed by atoms with van der Waals surface area (Å²) in [6.45, 7) is 1.62. The first-order valence-corrected chi connectivity index (χ1v) is 7.96. The first-order valence-electron chi connectivity index (χ1n) is 7.96. The van der Waals surface area contributed by atoms with Gasteiger partial charge in [-0.3, -0.25) is 9.69 Å². The van der Waals surface area contributed by atoms with Gasteiger partial charge in [-0.1, -0.05) is 18.2 Å². The molecule has 124 valence electrons. The van der Waals surface area contributed by atoms with Crippen molar-refractivity contribution >= 4 is 23.0 Å². The van der Waals surface area contributed by atoms with Gasteiger partial charge < -0.3 is 10.4 Å². The zero-order chi connectivity index (χ0) is 16.8. The number of hydrogen-bond donors (Lipinski definition) is 2. The number of β-amino-alcohol motifs (C(OH)–C–C–N with tert-alkyl or cyclic N) is 1. The summed E-state index contributed by atoms with van der Waals surface area (Å²) in [6, 6.07) is 16.7. The number of benzene rings is 2. The van der Waals surface area contributed by atoms with E-state index in [4.69, 9.17) is 0 Å². The van der Waals surface area contributed by atoms with Gasteiger partial charge in [-0.05, 0) is 42.8 Å². The average molecular weight is 324 g/mol. The Balaban J connectivity index is 1.52. The number of anilines is 1. The molecule has 0 aliphatic carbocycles. The number of aliphatic hydroxyl groups excluding tert-OH is 1. The first kappa shape index (κ1) is 16.3. The molecule has 0 saturated carbocycles. The van der Waals surface area contributed by atoms with Crippen LogP contribution < -0.4 is 5.32 Å². The molecule has 2 aromatic rings. The Morgan fingerprint density at radius 3 is 2.38 bits per heavy atom. The van der Waals surface area contributed by atoms with E-state index in [1.165, 1.54) is 0 Å². The lowest BCUT2D eigenvalue weighted by molar-refractivity contribution is -0.117. The number of amides is 1. The van der Waals surface area contributed by atoms with Crippen molar-refractivity contribution in [3.8, 4) is 0 Å². The molecule has 1 atom stereocenters. The molecule has 0 bridgehead atoms. The van der Waals surface area contributed by atoms with Crippen molar-refractivity contribution in [2.45, 2.75) is 12.5 Å². The topological polar surface area (TPSA) is 77.3 Å². The quantitative estimate of drug-likeness (QED) is 0.830. The highest BCUT2D eigenvalue weighted by Crippen LogP contribution is 2.20. The normalized spacial score (nSPS) is 18.1. The lowest BCUT2D eigenvalue weighted by Gasteiger charge is -2.14. The Hall–Kier alpha value is -2.57. The predicted molar refractivity (Wildman–Crippen MR) is 92.8 cm³/mol. The van der Waals surface area contributed by atoms with E-state index in [1.54, 1.807) is 12.1 Å². The third kappa shape index (κ3) is 4.71. The maximum absolute atomic E-state index is 12.0. The molecule has 2 aromatic carbocycles. The molecule has 0 radical (unpaired) electrons. The van der Waals surface area contributed by atoms with Crippen molar-refractivity contribution in [2.75, 3.05) is 25.0 Å². The summed E-state index contributed by atoms with van der Waals surface area (Å²) in [6.07, 6.45) is 0.418. The molecule has 0 spiro atoms. The van der Waals surface area contributed by atoms with E-state index in [1.807, 2.05) is 47.4 Å². The molecule has 1 fully saturated rings. The predicted octanol–water partition coefficient (Wildman–Crippen LogP) is 3.11. The summed E-state index contributed by atoms with van der Waals surface area (Å²) in [5, 5.41) is 20.6. The summed E-state index contributed by atoms with van der Waals surface area (Å²) in [5.41, 5.74) is 2.24. The second kappa shape index (κ2) is 7.81. The molecule has 6 heteroatoms. The average Bonchev–Trinajstić information content (AvgIpc) is 3.00. The van der Waals surface area contributed by atoms with Crippen molar-refractivity contribution in [1.29, 1.82) is 0 Å². The minimum atomic E-state index is -0.313. The highest BCUT2D eigenvalue weighted by molar-refractivity contribution is 5.92. The van der Waals surface area contributed by atoms with Gasteiger partial charge in [-0.2, -0.15) is 10.2 Å². The molecule has 6 nitrogen and oxygen atoms in total. The van der Waals surface area contributed by atoms with E-state index in [2.05, 4.69) is 15.5 Å². The Morgan fingerprint density at radius 2 is 1.75 bits per heavy atom. The molecular weight excluding hydrogens is 304 g/mol. The Morgan fingerprint density at radius 1 is 1.08 bits per heavy atom. The summed E-state index contributed by atoms with van der Waals surface area (Å²) < 4.78 is 0. The molecule has 0 aromatic heterocycles. The molecule has 3 rings (SSSR count). The van der Waals surface area contributed by atoms with E-state index in [0.29, 0.717) is 13.1 Å². The molecule has 1 aliphatic rings. The molecule has 0 unspecified atom stereocenters. The number of nitrogens with one attached hydrogen (secondary N) is 1. The van der Waals surface area contributed by atoms with Crippen molar-refractivity contribution in [2.24, 2.45) is 10.2 Å². The van der Waals surface area contributed by atoms with Crippen molar-refractivity contribution < 1.29 is 9.90 Å². The van der Waals surface area contributed by atoms with Gasteiger partial charge in [-0.25, -0.2) is 0 Å². The zero-order valence-electron chi connectivity index (χ0n) is 13.3. The van der Waals surface area contributed by atoms with Crippen LogP contribution in [0.25, 0.3) is 0 Å². The molecule has 24 heavy (non-hydrogen) atoms. The fourth-order valence-electron chi connectivity index (χ4n) is 2.58. The number of nitrogens with zero attached hydrogens (tertiary/aromatic N) is 3. The van der Waals surface area contributed by atoms with Crippen LogP contribution in [-0.4, -0.2) is 41.7 Å². The summed E-state index contributed by atoms with van der Waals surface area (Å²) in [5.74, 6) is -0.0808. The third-order valence-corrected chi connectivity index (χ3v) is 3.80. The fourth-order valence-corrected chi connectivity index (χ4v) is 2.58. The van der Waals surface area contributed by atoms with Gasteiger partial charge in [0.15, 0.2) is 0 Å². The Labute approximate surface area is 140 Å². The van der Waals surface area contributed by atoms with Crippen molar-refractivity contribution in [3.63, 3.8) is 0 Å². The van der Waals surface area contributed by atoms with Crippen LogP contribution in [0, 0.1) is 0 Å². The third-order valence-electron chi connectivity index (χ3n) is 3.80. The first-order chi connectivity index (χ1) is 11.7. The fraction of sp³-hybridized carbons (Fsp3) is 0.278. The zero-order valence-corrected chi connectivity index (χ0v) is 13.3. The van der Waals surface area contributed by atoms with Crippen LogP contribution in [0.15, 0.2) is 64.8 Å². The van der Waals surface area contributed by atoms with Crippen LogP contribution in [0.2, 0.25) is 0 Å². The largest absolute Gasteiger partial charge is 0.392 e. The van der Waals surface area contributed by atoms with Crippen LogP contribution in [0.1, 0.15) is 6.42 Å². The van der Waals surface area contributed by atoms with E-state index < -0.39 is 0 Å². The van der Waals surface area contributed by atoms with E-state index in [9.17, 15) is 9.90 Å². The number of carbonyl (C=O) groups is 1. The number of likely N-dealkylation sites (tertiary alicyclic amines) is 1. The van der Waals surface area contributed by atoms with Gasteiger partial charge in [0.25, 0.3) is 0 Å². The second-order valence-electron chi connectivity index (χ2n) is 5.81. The number of azo groups is 1. The van der Waals surface area contributed by atoms with Gasteiger partial charge >= 0.3 is 0 Å². The minimum Gasteiger partial charge on any atom is -0.392 e. The van der Waals surface area contributed by atoms with Crippen molar-refractivity contribution in [3.05, 3.63) is 54.6 Å². The van der Waals surface area contributed by atoms with Crippen LogP contribution in [0.4, 0.5) is 17.1 Å². The van der Waals surface area contributed by atoms with E-state index in [-0.39, 0.29) is 12.0 Å². The molecule has 1 saturated heterocycles. The molecule has 1 amide bonds. The summed E-state index contributed by atoms with van der Waals surface area (Å²) in [7, 11) is 0. The maximum Gasteiger partial charge on any atom is 0.238 e. The van der Waals surface area contributed by atoms with Crippen LogP contribution >= 0.6 is 0 Å². The number of rotatable bonds is 5.